The zero-order valence-corrected chi connectivity index (χ0v) is 22.1. The van der Waals surface area contributed by atoms with Crippen molar-refractivity contribution in [2.45, 2.75) is 31.3 Å². The van der Waals surface area contributed by atoms with E-state index in [1.165, 1.54) is 29.2 Å². The average molecular weight is 551 g/mol. The molecule has 0 saturated carbocycles. The van der Waals surface area contributed by atoms with Crippen molar-refractivity contribution in [2.24, 2.45) is 0 Å². The number of piperazine rings is 1. The predicted molar refractivity (Wildman–Crippen MR) is 145 cm³/mol. The molecule has 0 aliphatic carbocycles. The molecule has 0 unspecified atom stereocenters. The Morgan fingerprint density at radius 2 is 1.95 bits per heavy atom. The van der Waals surface area contributed by atoms with Crippen LogP contribution in [0.3, 0.4) is 0 Å². The highest BCUT2D eigenvalue weighted by molar-refractivity contribution is 5.92. The van der Waals surface area contributed by atoms with Crippen LogP contribution in [0.1, 0.15) is 19.3 Å². The third-order valence-electron chi connectivity index (χ3n) is 7.54. The van der Waals surface area contributed by atoms with E-state index < -0.39 is 29.5 Å². The van der Waals surface area contributed by atoms with Gasteiger partial charge >= 0.3 is 0 Å². The fourth-order valence-electron chi connectivity index (χ4n) is 5.39. The number of likely N-dealkylation sites (N-methyl/N-ethyl adjacent to an activating group) is 1. The lowest BCUT2D eigenvalue weighted by molar-refractivity contribution is -0.131. The number of nitrogens with zero attached hydrogens (tertiary/aromatic N) is 7. The molecule has 2 aliphatic rings. The molecule has 1 amide bonds. The first-order chi connectivity index (χ1) is 19.3. The van der Waals surface area contributed by atoms with Gasteiger partial charge in [0.2, 0.25) is 11.9 Å². The Kier molecular flexibility index (Phi) is 7.84. The Morgan fingerprint density at radius 1 is 1.15 bits per heavy atom. The third kappa shape index (κ3) is 5.42. The van der Waals surface area contributed by atoms with E-state index in [1.54, 1.807) is 11.0 Å². The molecule has 3 aromatic rings. The molecular formula is C28H29F3N8O. The zero-order chi connectivity index (χ0) is 28.4. The van der Waals surface area contributed by atoms with E-state index in [-0.39, 0.29) is 42.7 Å². The predicted octanol–water partition coefficient (Wildman–Crippen LogP) is 3.89. The van der Waals surface area contributed by atoms with E-state index in [0.29, 0.717) is 29.9 Å². The van der Waals surface area contributed by atoms with Crippen molar-refractivity contribution in [2.75, 3.05) is 50.0 Å². The number of halogens is 3. The molecule has 0 radical (unpaired) electrons. The Balaban J connectivity index is 1.56. The molecule has 2 atom stereocenters. The molecule has 0 spiro atoms. The van der Waals surface area contributed by atoms with Crippen LogP contribution in [0.2, 0.25) is 0 Å². The maximum absolute atomic E-state index is 15.4. The van der Waals surface area contributed by atoms with Crippen LogP contribution in [0.25, 0.3) is 22.2 Å². The first-order valence-electron chi connectivity index (χ1n) is 13.1. The molecule has 2 saturated heterocycles. The molecule has 5 rings (SSSR count). The average Bonchev–Trinajstić information content (AvgIpc) is 3.36. The zero-order valence-electron chi connectivity index (χ0n) is 22.1. The van der Waals surface area contributed by atoms with Gasteiger partial charge in [0.25, 0.3) is 5.91 Å². The number of nitrogens with one attached hydrogen (secondary N) is 1. The van der Waals surface area contributed by atoms with E-state index in [1.807, 2.05) is 6.07 Å². The van der Waals surface area contributed by atoms with Gasteiger partial charge in [-0.05, 0) is 38.6 Å². The summed E-state index contributed by atoms with van der Waals surface area (Å²) < 4.78 is 43.6. The number of anilines is 2. The number of fused-ring (bicyclic) bond motifs is 1. The number of rotatable bonds is 7. The highest BCUT2D eigenvalue weighted by atomic mass is 19.1. The molecule has 208 valence electrons. The van der Waals surface area contributed by atoms with Crippen molar-refractivity contribution in [3.05, 3.63) is 54.5 Å². The smallest absolute Gasteiger partial charge is 0.282 e. The highest BCUT2D eigenvalue weighted by Crippen LogP contribution is 2.32. The van der Waals surface area contributed by atoms with Gasteiger partial charge in [-0.25, -0.2) is 18.7 Å². The van der Waals surface area contributed by atoms with Crippen LogP contribution in [-0.4, -0.2) is 82.5 Å². The number of aromatic nitrogens is 3. The first kappa shape index (κ1) is 27.3. The van der Waals surface area contributed by atoms with Crippen LogP contribution in [0.5, 0.6) is 0 Å². The van der Waals surface area contributed by atoms with E-state index in [0.717, 1.165) is 19.4 Å². The second-order valence-electron chi connectivity index (χ2n) is 10.1. The van der Waals surface area contributed by atoms with Crippen molar-refractivity contribution in [3.8, 4) is 17.2 Å². The maximum Gasteiger partial charge on any atom is 0.282 e. The van der Waals surface area contributed by atoms with E-state index in [4.69, 9.17) is 0 Å². The second-order valence-corrected chi connectivity index (χ2v) is 10.1. The minimum absolute atomic E-state index is 0.0315. The Hall–Kier alpha value is -4.24. The van der Waals surface area contributed by atoms with Crippen molar-refractivity contribution in [1.29, 1.82) is 5.26 Å². The summed E-state index contributed by atoms with van der Waals surface area (Å²) in [4.78, 5) is 31.1. The lowest BCUT2D eigenvalue weighted by atomic mass is 10.1. The van der Waals surface area contributed by atoms with Gasteiger partial charge in [0.1, 0.15) is 11.3 Å². The van der Waals surface area contributed by atoms with Crippen LogP contribution in [0, 0.1) is 23.1 Å². The fraction of sp³-hybridized carbons (Fsp3) is 0.393. The molecule has 2 aromatic heterocycles. The van der Waals surface area contributed by atoms with Gasteiger partial charge in [-0.2, -0.15) is 14.6 Å². The molecule has 12 heteroatoms. The van der Waals surface area contributed by atoms with Gasteiger partial charge in [0.15, 0.2) is 11.6 Å². The largest absolute Gasteiger partial charge is 0.353 e. The van der Waals surface area contributed by atoms with Crippen LogP contribution >= 0.6 is 0 Å². The molecule has 1 N–H and O–H groups in total. The van der Waals surface area contributed by atoms with Crippen molar-refractivity contribution >= 4 is 28.7 Å². The number of hydrogen-bond acceptors (Lipinski definition) is 8. The summed E-state index contributed by atoms with van der Waals surface area (Å²) in [5.41, 5.74) is 0.492. The van der Waals surface area contributed by atoms with E-state index >= 15 is 4.39 Å². The van der Waals surface area contributed by atoms with Gasteiger partial charge in [-0.1, -0.05) is 24.8 Å². The highest BCUT2D eigenvalue weighted by Gasteiger charge is 2.33. The van der Waals surface area contributed by atoms with Crippen molar-refractivity contribution in [3.63, 3.8) is 0 Å². The minimum atomic E-state index is -1.10. The Labute approximate surface area is 229 Å². The minimum Gasteiger partial charge on any atom is -0.353 e. The molecule has 4 heterocycles. The second kappa shape index (κ2) is 11.5. The molecule has 2 aliphatic heterocycles. The maximum atomic E-state index is 15.4. The van der Waals surface area contributed by atoms with Crippen LogP contribution in [-0.2, 0) is 4.79 Å². The SMILES string of the molecule is C=C(F)C(=O)N1CCN(c2nc(NC[C@@H]3CCCN3C)nc3cc(-c4ccccc4F)c(F)nc23)C[C@@H]1CC#N. The van der Waals surface area contributed by atoms with Gasteiger partial charge in [-0.15, -0.1) is 0 Å². The van der Waals surface area contributed by atoms with Gasteiger partial charge < -0.3 is 20.0 Å². The summed E-state index contributed by atoms with van der Waals surface area (Å²) in [6.45, 7) is 5.16. The molecule has 2 fully saturated rings. The lowest BCUT2D eigenvalue weighted by Gasteiger charge is -2.41. The van der Waals surface area contributed by atoms with E-state index in [9.17, 15) is 18.8 Å². The molecular weight excluding hydrogens is 521 g/mol. The summed E-state index contributed by atoms with van der Waals surface area (Å²) in [5.74, 6) is -2.84. The van der Waals surface area contributed by atoms with Crippen molar-refractivity contribution in [1.82, 2.24) is 24.8 Å². The topological polar surface area (TPSA) is 101 Å². The standard InChI is InChI=1S/C28H29F3N8O/c1-17(29)27(40)39-13-12-38(16-19(39)9-10-32)26-24-23(34-28(36-26)33-15-18-6-5-11-37(18)2)14-21(25(31)35-24)20-7-3-4-8-22(20)30/h3-4,7-8,14,18-19H,1,5-6,9,11-13,15-16H2,2H3,(H,33,34,36)/t18-,19-/m0/s1. The lowest BCUT2D eigenvalue weighted by Crippen LogP contribution is -2.55. The number of benzene rings is 1. The molecule has 9 nitrogen and oxygen atoms in total. The summed E-state index contributed by atoms with van der Waals surface area (Å²) >= 11 is 0. The number of hydrogen-bond donors (Lipinski definition) is 1. The van der Waals surface area contributed by atoms with Gasteiger partial charge in [0.05, 0.1) is 24.0 Å². The van der Waals surface area contributed by atoms with Crippen LogP contribution < -0.4 is 10.2 Å². The van der Waals surface area contributed by atoms with Gasteiger partial charge in [-0.3, -0.25) is 4.79 Å². The van der Waals surface area contributed by atoms with E-state index in [2.05, 4.69) is 38.8 Å². The number of pyridine rings is 1. The summed E-state index contributed by atoms with van der Waals surface area (Å²) in [5, 5.41) is 12.7. The first-order valence-corrected chi connectivity index (χ1v) is 13.1. The van der Waals surface area contributed by atoms with Crippen LogP contribution in [0.4, 0.5) is 24.9 Å². The summed E-state index contributed by atoms with van der Waals surface area (Å²) in [6.07, 6.45) is 2.08. The summed E-state index contributed by atoms with van der Waals surface area (Å²) in [7, 11) is 2.06. The quantitative estimate of drug-likeness (QED) is 0.349. The van der Waals surface area contributed by atoms with Gasteiger partial charge in [0, 0.05) is 43.3 Å². The normalized spacial score (nSPS) is 19.6. The van der Waals surface area contributed by atoms with Crippen LogP contribution in [0.15, 0.2) is 42.7 Å². The van der Waals surface area contributed by atoms with Crippen molar-refractivity contribution < 1.29 is 18.0 Å². The third-order valence-corrected chi connectivity index (χ3v) is 7.54. The monoisotopic (exact) mass is 550 g/mol. The number of nitriles is 1. The number of likely N-dealkylation sites (tertiary alicyclic amines) is 1. The number of amides is 1. The molecule has 1 aromatic carbocycles. The number of carbonyl (C=O) groups is 1. The molecule has 40 heavy (non-hydrogen) atoms. The molecule has 0 bridgehead atoms. The number of carbonyl (C=O) groups excluding carboxylic acids is 1. The Morgan fingerprint density at radius 3 is 2.65 bits per heavy atom. The fourth-order valence-corrected chi connectivity index (χ4v) is 5.39. The summed E-state index contributed by atoms with van der Waals surface area (Å²) in [6, 6.07) is 9.00. The Bertz CT molecular complexity index is 1490.